The summed E-state index contributed by atoms with van der Waals surface area (Å²) >= 11 is 0. The molecule has 23 heavy (non-hydrogen) atoms. The van der Waals surface area contributed by atoms with Crippen LogP contribution in [0.2, 0.25) is 0 Å². The van der Waals surface area contributed by atoms with Gasteiger partial charge in [0.15, 0.2) is 0 Å². The van der Waals surface area contributed by atoms with E-state index >= 15 is 0 Å². The first-order valence-corrected chi connectivity index (χ1v) is 9.03. The molecule has 2 heterocycles. The normalized spacial score (nSPS) is 29.3. The highest BCUT2D eigenvalue weighted by Crippen LogP contribution is 2.33. The Hall–Kier alpha value is -1.55. The SMILES string of the molecule is O=C(CC1CC2CCC(C1)N2)Nc1ccc(OCC2CC2)cc1. The number of hydrogen-bond acceptors (Lipinski definition) is 3. The number of amides is 1. The molecule has 3 aliphatic rings. The van der Waals surface area contributed by atoms with Crippen LogP contribution in [-0.2, 0) is 4.79 Å². The molecule has 1 aromatic rings. The largest absolute Gasteiger partial charge is 0.493 e. The van der Waals surface area contributed by atoms with E-state index in [0.717, 1.165) is 36.8 Å². The number of carbonyl (C=O) groups excluding carboxylic acids is 1. The zero-order valence-electron chi connectivity index (χ0n) is 13.6. The summed E-state index contributed by atoms with van der Waals surface area (Å²) in [5.74, 6) is 2.33. The van der Waals surface area contributed by atoms with Crippen molar-refractivity contribution >= 4 is 11.6 Å². The molecule has 2 N–H and O–H groups in total. The third-order valence-corrected chi connectivity index (χ3v) is 5.37. The summed E-state index contributed by atoms with van der Waals surface area (Å²) in [4.78, 5) is 12.3. The fourth-order valence-corrected chi connectivity index (χ4v) is 3.95. The maximum absolute atomic E-state index is 12.3. The van der Waals surface area contributed by atoms with Gasteiger partial charge in [0.25, 0.3) is 0 Å². The molecule has 1 saturated carbocycles. The number of nitrogens with one attached hydrogen (secondary N) is 2. The lowest BCUT2D eigenvalue weighted by Gasteiger charge is -2.28. The smallest absolute Gasteiger partial charge is 0.224 e. The van der Waals surface area contributed by atoms with Crippen molar-refractivity contribution in [3.63, 3.8) is 0 Å². The van der Waals surface area contributed by atoms with Gasteiger partial charge in [0.2, 0.25) is 5.91 Å². The lowest BCUT2D eigenvalue weighted by Crippen LogP contribution is -2.39. The quantitative estimate of drug-likeness (QED) is 0.847. The van der Waals surface area contributed by atoms with E-state index in [9.17, 15) is 4.79 Å². The molecule has 0 radical (unpaired) electrons. The molecule has 2 bridgehead atoms. The van der Waals surface area contributed by atoms with Gasteiger partial charge in [0.1, 0.15) is 5.75 Å². The molecular weight excluding hydrogens is 288 g/mol. The summed E-state index contributed by atoms with van der Waals surface area (Å²) in [6, 6.07) is 9.06. The van der Waals surface area contributed by atoms with E-state index in [1.807, 2.05) is 24.3 Å². The Kier molecular flexibility index (Phi) is 4.25. The second kappa shape index (κ2) is 6.52. The van der Waals surface area contributed by atoms with Crippen LogP contribution >= 0.6 is 0 Å². The number of benzene rings is 1. The van der Waals surface area contributed by atoms with Crippen LogP contribution in [0.25, 0.3) is 0 Å². The van der Waals surface area contributed by atoms with E-state index in [0.29, 0.717) is 24.4 Å². The number of piperidine rings is 1. The molecule has 4 rings (SSSR count). The lowest BCUT2D eigenvalue weighted by atomic mass is 9.89. The first kappa shape index (κ1) is 15.0. The molecule has 0 spiro atoms. The Bertz CT molecular complexity index is 541. The third-order valence-electron chi connectivity index (χ3n) is 5.37. The molecule has 2 aliphatic heterocycles. The fourth-order valence-electron chi connectivity index (χ4n) is 3.95. The predicted octanol–water partition coefficient (Wildman–Crippen LogP) is 3.33. The Balaban J connectivity index is 1.24. The van der Waals surface area contributed by atoms with E-state index in [-0.39, 0.29) is 5.91 Å². The van der Waals surface area contributed by atoms with Crippen molar-refractivity contribution in [1.82, 2.24) is 5.32 Å². The average molecular weight is 314 g/mol. The van der Waals surface area contributed by atoms with Crippen LogP contribution in [-0.4, -0.2) is 24.6 Å². The van der Waals surface area contributed by atoms with E-state index in [1.54, 1.807) is 0 Å². The second-order valence-corrected chi connectivity index (χ2v) is 7.51. The van der Waals surface area contributed by atoms with Crippen LogP contribution in [0, 0.1) is 11.8 Å². The fraction of sp³-hybridized carbons (Fsp3) is 0.632. The number of carbonyl (C=O) groups is 1. The summed E-state index contributed by atoms with van der Waals surface area (Å²) < 4.78 is 5.72. The highest BCUT2D eigenvalue weighted by Gasteiger charge is 2.34. The van der Waals surface area contributed by atoms with Crippen LogP contribution in [0.15, 0.2) is 24.3 Å². The Morgan fingerprint density at radius 1 is 1.04 bits per heavy atom. The molecular formula is C19H26N2O2. The Morgan fingerprint density at radius 2 is 1.74 bits per heavy atom. The minimum absolute atomic E-state index is 0.142. The molecule has 2 unspecified atom stereocenters. The summed E-state index contributed by atoms with van der Waals surface area (Å²) in [6.07, 6.45) is 8.11. The van der Waals surface area contributed by atoms with Crippen molar-refractivity contribution in [2.75, 3.05) is 11.9 Å². The molecule has 1 aromatic carbocycles. The van der Waals surface area contributed by atoms with Crippen LogP contribution in [0.1, 0.15) is 44.9 Å². The number of rotatable bonds is 6. The van der Waals surface area contributed by atoms with Crippen LogP contribution in [0.3, 0.4) is 0 Å². The summed E-state index contributed by atoms with van der Waals surface area (Å²) in [5.41, 5.74) is 0.866. The van der Waals surface area contributed by atoms with Gasteiger partial charge >= 0.3 is 0 Å². The van der Waals surface area contributed by atoms with E-state index < -0.39 is 0 Å². The highest BCUT2D eigenvalue weighted by atomic mass is 16.5. The van der Waals surface area contributed by atoms with Crippen molar-refractivity contribution in [2.24, 2.45) is 11.8 Å². The number of ether oxygens (including phenoxy) is 1. The number of anilines is 1. The van der Waals surface area contributed by atoms with Gasteiger partial charge in [-0.1, -0.05) is 0 Å². The van der Waals surface area contributed by atoms with Gasteiger partial charge in [-0.05, 0) is 74.6 Å². The molecule has 124 valence electrons. The van der Waals surface area contributed by atoms with Crippen molar-refractivity contribution in [3.8, 4) is 5.75 Å². The van der Waals surface area contributed by atoms with Crippen LogP contribution < -0.4 is 15.4 Å². The standard InChI is InChI=1S/C19H26N2O2/c22-19(11-14-9-16-3-4-17(10-14)20-16)21-15-5-7-18(8-6-15)23-12-13-1-2-13/h5-8,13-14,16-17,20H,1-4,9-12H2,(H,21,22). The minimum atomic E-state index is 0.142. The molecule has 4 heteroatoms. The Morgan fingerprint density at radius 3 is 2.39 bits per heavy atom. The van der Waals surface area contributed by atoms with Gasteiger partial charge in [-0.2, -0.15) is 0 Å². The maximum Gasteiger partial charge on any atom is 0.224 e. The molecule has 2 atom stereocenters. The second-order valence-electron chi connectivity index (χ2n) is 7.51. The van der Waals surface area contributed by atoms with Crippen LogP contribution in [0.5, 0.6) is 5.75 Å². The first-order chi connectivity index (χ1) is 11.2. The summed E-state index contributed by atoms with van der Waals surface area (Å²) in [6.45, 7) is 0.823. The van der Waals surface area contributed by atoms with E-state index in [2.05, 4.69) is 10.6 Å². The zero-order valence-corrected chi connectivity index (χ0v) is 13.6. The van der Waals surface area contributed by atoms with E-state index in [4.69, 9.17) is 4.74 Å². The molecule has 0 aromatic heterocycles. The Labute approximate surface area is 138 Å². The zero-order chi connectivity index (χ0) is 15.6. The average Bonchev–Trinajstić information content (AvgIpc) is 3.31. The summed E-state index contributed by atoms with van der Waals surface area (Å²) in [5, 5.41) is 6.66. The molecule has 4 nitrogen and oxygen atoms in total. The third kappa shape index (κ3) is 4.05. The van der Waals surface area contributed by atoms with Crippen molar-refractivity contribution in [3.05, 3.63) is 24.3 Å². The first-order valence-electron chi connectivity index (χ1n) is 9.03. The van der Waals surface area contributed by atoms with Crippen molar-refractivity contribution in [2.45, 2.75) is 57.0 Å². The van der Waals surface area contributed by atoms with Gasteiger partial charge in [0, 0.05) is 24.2 Å². The van der Waals surface area contributed by atoms with Crippen LogP contribution in [0.4, 0.5) is 5.69 Å². The lowest BCUT2D eigenvalue weighted by molar-refractivity contribution is -0.117. The number of fused-ring (bicyclic) bond motifs is 2. The van der Waals surface area contributed by atoms with Gasteiger partial charge in [0.05, 0.1) is 6.61 Å². The minimum Gasteiger partial charge on any atom is -0.493 e. The molecule has 1 amide bonds. The molecule has 3 fully saturated rings. The number of hydrogen-bond donors (Lipinski definition) is 2. The van der Waals surface area contributed by atoms with Crippen molar-refractivity contribution < 1.29 is 9.53 Å². The van der Waals surface area contributed by atoms with Gasteiger partial charge in [-0.3, -0.25) is 4.79 Å². The van der Waals surface area contributed by atoms with Gasteiger partial charge in [-0.25, -0.2) is 0 Å². The topological polar surface area (TPSA) is 50.4 Å². The van der Waals surface area contributed by atoms with E-state index in [1.165, 1.54) is 25.7 Å². The maximum atomic E-state index is 12.3. The molecule has 2 saturated heterocycles. The van der Waals surface area contributed by atoms with Crippen molar-refractivity contribution in [1.29, 1.82) is 0 Å². The van der Waals surface area contributed by atoms with Gasteiger partial charge in [-0.15, -0.1) is 0 Å². The molecule has 1 aliphatic carbocycles. The highest BCUT2D eigenvalue weighted by molar-refractivity contribution is 5.90. The monoisotopic (exact) mass is 314 g/mol. The predicted molar refractivity (Wildman–Crippen MR) is 90.6 cm³/mol. The summed E-state index contributed by atoms with van der Waals surface area (Å²) in [7, 11) is 0. The van der Waals surface area contributed by atoms with Gasteiger partial charge < -0.3 is 15.4 Å².